The minimum atomic E-state index is -0.0236. The minimum Gasteiger partial charge on any atom is -0.398 e. The van der Waals surface area contributed by atoms with E-state index < -0.39 is 0 Å². The van der Waals surface area contributed by atoms with E-state index in [9.17, 15) is 4.79 Å². The summed E-state index contributed by atoms with van der Waals surface area (Å²) < 4.78 is 5.68. The van der Waals surface area contributed by atoms with E-state index in [0.717, 1.165) is 35.9 Å². The Hall–Kier alpha value is -1.35. The fourth-order valence-electron chi connectivity index (χ4n) is 2.15. The minimum absolute atomic E-state index is 0.0236. The average Bonchev–Trinajstić information content (AvgIpc) is 2.29. The number of hydrogen-bond acceptors (Lipinski definition) is 3. The molecule has 1 aromatic rings. The predicted octanol–water partition coefficient (Wildman–Crippen LogP) is 2.24. The number of aryl methyl sites for hydroxylation is 1. The Morgan fingerprint density at radius 2 is 2.31 bits per heavy atom. The topological polar surface area (TPSA) is 52.3 Å². The summed E-state index contributed by atoms with van der Waals surface area (Å²) in [5.41, 5.74) is 8.89. The zero-order chi connectivity index (χ0) is 11.5. The van der Waals surface area contributed by atoms with Crippen LogP contribution in [0.5, 0.6) is 0 Å². The van der Waals surface area contributed by atoms with Crippen LogP contribution in [-0.2, 0) is 9.53 Å². The van der Waals surface area contributed by atoms with E-state index in [4.69, 9.17) is 10.5 Å². The van der Waals surface area contributed by atoms with Crippen LogP contribution < -0.4 is 5.73 Å². The van der Waals surface area contributed by atoms with Crippen LogP contribution in [0.15, 0.2) is 18.2 Å². The van der Waals surface area contributed by atoms with Gasteiger partial charge in [-0.15, -0.1) is 0 Å². The lowest BCUT2D eigenvalue weighted by molar-refractivity contribution is -0.115. The Bertz CT molecular complexity index is 390. The molecule has 3 heteroatoms. The van der Waals surface area contributed by atoms with Gasteiger partial charge in [-0.3, -0.25) is 0 Å². The van der Waals surface area contributed by atoms with Crippen molar-refractivity contribution in [3.8, 4) is 0 Å². The Kier molecular flexibility index (Phi) is 3.25. The highest BCUT2D eigenvalue weighted by atomic mass is 16.5. The number of rotatable bonds is 2. The van der Waals surface area contributed by atoms with Crippen molar-refractivity contribution in [2.24, 2.45) is 5.92 Å². The van der Waals surface area contributed by atoms with Crippen molar-refractivity contribution < 1.29 is 9.53 Å². The first kappa shape index (κ1) is 11.1. The van der Waals surface area contributed by atoms with Crippen molar-refractivity contribution in [3.63, 3.8) is 0 Å². The number of carbonyl (C=O) groups excluding carboxylic acids is 1. The molecule has 2 atom stereocenters. The lowest BCUT2D eigenvalue weighted by Crippen LogP contribution is -2.21. The Morgan fingerprint density at radius 3 is 3.00 bits per heavy atom. The molecular formula is C13H17NO2. The Labute approximate surface area is 95.6 Å². The quantitative estimate of drug-likeness (QED) is 0.613. The molecular weight excluding hydrogens is 202 g/mol. The fourth-order valence-corrected chi connectivity index (χ4v) is 2.15. The average molecular weight is 219 g/mol. The number of carbonyl (C=O) groups is 1. The second-order valence-electron chi connectivity index (χ2n) is 4.41. The Morgan fingerprint density at radius 1 is 1.50 bits per heavy atom. The lowest BCUT2D eigenvalue weighted by Gasteiger charge is -2.27. The van der Waals surface area contributed by atoms with Crippen LogP contribution >= 0.6 is 0 Å². The van der Waals surface area contributed by atoms with E-state index >= 15 is 0 Å². The maximum absolute atomic E-state index is 10.8. The summed E-state index contributed by atoms with van der Waals surface area (Å²) in [4.78, 5) is 10.8. The molecule has 1 aromatic carbocycles. The van der Waals surface area contributed by atoms with Gasteiger partial charge in [0.15, 0.2) is 0 Å². The van der Waals surface area contributed by atoms with E-state index in [1.54, 1.807) is 0 Å². The molecule has 2 rings (SSSR count). The third kappa shape index (κ3) is 2.25. The molecule has 2 N–H and O–H groups in total. The van der Waals surface area contributed by atoms with E-state index in [1.807, 2.05) is 25.1 Å². The molecule has 3 nitrogen and oxygen atoms in total. The van der Waals surface area contributed by atoms with Gasteiger partial charge < -0.3 is 15.3 Å². The van der Waals surface area contributed by atoms with Crippen LogP contribution in [0.1, 0.15) is 30.1 Å². The van der Waals surface area contributed by atoms with Gasteiger partial charge in [0.25, 0.3) is 0 Å². The van der Waals surface area contributed by atoms with E-state index in [-0.39, 0.29) is 12.0 Å². The first-order valence-electron chi connectivity index (χ1n) is 5.63. The Balaban J connectivity index is 2.19. The second-order valence-corrected chi connectivity index (χ2v) is 4.41. The molecule has 0 aromatic heterocycles. The summed E-state index contributed by atoms with van der Waals surface area (Å²) in [7, 11) is 0. The summed E-state index contributed by atoms with van der Waals surface area (Å²) in [6.45, 7) is 2.65. The number of nitrogens with two attached hydrogens (primary N) is 1. The van der Waals surface area contributed by atoms with E-state index in [0.29, 0.717) is 6.61 Å². The van der Waals surface area contributed by atoms with Crippen molar-refractivity contribution in [3.05, 3.63) is 29.3 Å². The van der Waals surface area contributed by atoms with Gasteiger partial charge in [0.1, 0.15) is 6.29 Å². The third-order valence-corrected chi connectivity index (χ3v) is 3.11. The number of ether oxygens (including phenoxy) is 1. The van der Waals surface area contributed by atoms with Gasteiger partial charge in [0.05, 0.1) is 6.10 Å². The van der Waals surface area contributed by atoms with Crippen LogP contribution in [0.3, 0.4) is 0 Å². The van der Waals surface area contributed by atoms with Gasteiger partial charge in [0.2, 0.25) is 0 Å². The van der Waals surface area contributed by atoms with E-state index in [2.05, 4.69) is 0 Å². The van der Waals surface area contributed by atoms with Crippen LogP contribution in [0.2, 0.25) is 0 Å². The maximum Gasteiger partial charge on any atom is 0.123 e. The van der Waals surface area contributed by atoms with Gasteiger partial charge in [-0.2, -0.15) is 0 Å². The molecule has 0 bridgehead atoms. The molecule has 0 saturated carbocycles. The number of nitrogen functional groups attached to an aromatic ring is 1. The molecule has 0 amide bonds. The molecule has 86 valence electrons. The highest BCUT2D eigenvalue weighted by Gasteiger charge is 2.24. The molecule has 16 heavy (non-hydrogen) atoms. The predicted molar refractivity (Wildman–Crippen MR) is 63.1 cm³/mol. The molecule has 0 radical (unpaired) electrons. The smallest absolute Gasteiger partial charge is 0.123 e. The molecule has 1 fully saturated rings. The number of anilines is 1. The first-order chi connectivity index (χ1) is 7.70. The van der Waals surface area contributed by atoms with Gasteiger partial charge in [-0.05, 0) is 31.4 Å². The summed E-state index contributed by atoms with van der Waals surface area (Å²) in [6.07, 6.45) is 2.58. The maximum atomic E-state index is 10.8. The summed E-state index contributed by atoms with van der Waals surface area (Å²) in [5, 5.41) is 0. The van der Waals surface area contributed by atoms with Crippen molar-refractivity contribution in [1.29, 1.82) is 0 Å². The van der Waals surface area contributed by atoms with Gasteiger partial charge in [-0.1, -0.05) is 12.1 Å². The van der Waals surface area contributed by atoms with Crippen molar-refractivity contribution in [2.45, 2.75) is 25.9 Å². The zero-order valence-electron chi connectivity index (χ0n) is 9.48. The van der Waals surface area contributed by atoms with Crippen LogP contribution in [0, 0.1) is 12.8 Å². The van der Waals surface area contributed by atoms with Gasteiger partial charge >= 0.3 is 0 Å². The van der Waals surface area contributed by atoms with Crippen LogP contribution in [0.4, 0.5) is 5.69 Å². The molecule has 1 aliphatic heterocycles. The summed E-state index contributed by atoms with van der Waals surface area (Å²) >= 11 is 0. The van der Waals surface area contributed by atoms with E-state index in [1.165, 1.54) is 0 Å². The molecule has 2 unspecified atom stereocenters. The second kappa shape index (κ2) is 4.66. The summed E-state index contributed by atoms with van der Waals surface area (Å²) in [6, 6.07) is 5.98. The summed E-state index contributed by atoms with van der Waals surface area (Å²) in [5.74, 6) is 0.111. The SMILES string of the molecule is Cc1ccc(C2CC(C=O)CCO2)c(N)c1. The van der Waals surface area contributed by atoms with Crippen LogP contribution in [-0.4, -0.2) is 12.9 Å². The lowest BCUT2D eigenvalue weighted by atomic mass is 9.92. The molecule has 1 heterocycles. The highest BCUT2D eigenvalue weighted by Crippen LogP contribution is 2.33. The zero-order valence-corrected chi connectivity index (χ0v) is 9.48. The molecule has 0 spiro atoms. The number of hydrogen-bond donors (Lipinski definition) is 1. The molecule has 0 aliphatic carbocycles. The van der Waals surface area contributed by atoms with Gasteiger partial charge in [0, 0.05) is 23.8 Å². The van der Waals surface area contributed by atoms with Crippen molar-refractivity contribution in [1.82, 2.24) is 0 Å². The monoisotopic (exact) mass is 219 g/mol. The largest absolute Gasteiger partial charge is 0.398 e. The van der Waals surface area contributed by atoms with Crippen LogP contribution in [0.25, 0.3) is 0 Å². The van der Waals surface area contributed by atoms with Crippen molar-refractivity contribution in [2.75, 3.05) is 12.3 Å². The van der Waals surface area contributed by atoms with Crippen molar-refractivity contribution >= 4 is 12.0 Å². The fraction of sp³-hybridized carbons (Fsp3) is 0.462. The standard InChI is InChI=1S/C13H17NO2/c1-9-2-3-11(12(14)6-9)13-7-10(8-15)4-5-16-13/h2-3,6,8,10,13H,4-5,7,14H2,1H3. The number of aldehydes is 1. The third-order valence-electron chi connectivity index (χ3n) is 3.11. The highest BCUT2D eigenvalue weighted by molar-refractivity contribution is 5.55. The van der Waals surface area contributed by atoms with Gasteiger partial charge in [-0.25, -0.2) is 0 Å². The molecule has 1 saturated heterocycles. The first-order valence-corrected chi connectivity index (χ1v) is 5.63. The number of benzene rings is 1. The normalized spacial score (nSPS) is 25.3. The molecule has 1 aliphatic rings.